The summed E-state index contributed by atoms with van der Waals surface area (Å²) in [4.78, 5) is 13.9. The van der Waals surface area contributed by atoms with Crippen LogP contribution in [0.15, 0.2) is 41.8 Å². The molecule has 4 nitrogen and oxygen atoms in total. The first kappa shape index (κ1) is 20.3. The summed E-state index contributed by atoms with van der Waals surface area (Å²) in [5, 5.41) is 9.69. The number of rotatable bonds is 7. The summed E-state index contributed by atoms with van der Waals surface area (Å²) in [6.07, 6.45) is 0.277. The van der Waals surface area contributed by atoms with Gasteiger partial charge in [-0.05, 0) is 48.9 Å². The van der Waals surface area contributed by atoms with E-state index in [0.29, 0.717) is 5.92 Å². The first-order valence-corrected chi connectivity index (χ1v) is 10.3. The van der Waals surface area contributed by atoms with Gasteiger partial charge in [0.1, 0.15) is 5.82 Å². The lowest BCUT2D eigenvalue weighted by Crippen LogP contribution is -2.30. The van der Waals surface area contributed by atoms with Crippen molar-refractivity contribution in [2.45, 2.75) is 46.7 Å². The van der Waals surface area contributed by atoms with Gasteiger partial charge in [0.25, 0.3) is 0 Å². The normalized spacial score (nSPS) is 12.4. The van der Waals surface area contributed by atoms with Crippen LogP contribution in [0, 0.1) is 25.6 Å². The Labute approximate surface area is 169 Å². The molecule has 28 heavy (non-hydrogen) atoms. The molecule has 148 valence electrons. The zero-order valence-corrected chi connectivity index (χ0v) is 17.5. The van der Waals surface area contributed by atoms with E-state index in [4.69, 9.17) is 0 Å². The number of nitrogens with one attached hydrogen (secondary N) is 1. The number of aryl methyl sites for hydroxylation is 1. The summed E-state index contributed by atoms with van der Waals surface area (Å²) in [5.74, 6) is 0.128. The molecule has 6 heteroatoms. The van der Waals surface area contributed by atoms with Crippen molar-refractivity contribution >= 4 is 17.2 Å². The smallest absolute Gasteiger partial charge is 0.225 e. The van der Waals surface area contributed by atoms with Crippen LogP contribution in [0.25, 0.3) is 0 Å². The van der Waals surface area contributed by atoms with E-state index in [-0.39, 0.29) is 24.2 Å². The third-order valence-electron chi connectivity index (χ3n) is 4.74. The first-order chi connectivity index (χ1) is 13.3. The number of aromatic nitrogens is 2. The Morgan fingerprint density at radius 3 is 2.54 bits per heavy atom. The van der Waals surface area contributed by atoms with Crippen molar-refractivity contribution in [3.63, 3.8) is 0 Å². The molecule has 2 aromatic heterocycles. The number of amides is 1. The molecule has 1 atom stereocenters. The molecule has 1 N–H and O–H groups in total. The number of hydrogen-bond acceptors (Lipinski definition) is 3. The number of nitrogens with zero attached hydrogens (tertiary/aromatic N) is 2. The summed E-state index contributed by atoms with van der Waals surface area (Å²) in [6.45, 7) is 9.10. The highest BCUT2D eigenvalue weighted by Gasteiger charge is 2.21. The number of halogens is 1. The number of thiophene rings is 1. The van der Waals surface area contributed by atoms with Gasteiger partial charge in [0, 0.05) is 22.7 Å². The van der Waals surface area contributed by atoms with Crippen LogP contribution in [0.5, 0.6) is 0 Å². The second-order valence-electron chi connectivity index (χ2n) is 7.47. The Morgan fingerprint density at radius 1 is 1.21 bits per heavy atom. The van der Waals surface area contributed by atoms with Crippen molar-refractivity contribution in [3.05, 3.63) is 75.0 Å². The van der Waals surface area contributed by atoms with Crippen LogP contribution in [-0.4, -0.2) is 15.7 Å². The van der Waals surface area contributed by atoms with Crippen LogP contribution >= 0.6 is 11.3 Å². The van der Waals surface area contributed by atoms with E-state index in [1.807, 2.05) is 36.0 Å². The maximum Gasteiger partial charge on any atom is 0.225 e. The standard InChI is InChI=1S/C22H26FN3OS/c1-14(2)13-26-16(4)19(15(3)25-26)12-21(27)24-22(20-6-5-11-28-20)17-7-9-18(23)10-8-17/h5-11,14,22H,12-13H2,1-4H3,(H,24,27)/t22-/m0/s1. The molecule has 3 rings (SSSR count). The lowest BCUT2D eigenvalue weighted by atomic mass is 10.0. The zero-order chi connectivity index (χ0) is 20.3. The van der Waals surface area contributed by atoms with E-state index in [9.17, 15) is 9.18 Å². The van der Waals surface area contributed by atoms with E-state index in [0.717, 1.165) is 33.9 Å². The van der Waals surface area contributed by atoms with Crippen molar-refractivity contribution in [2.75, 3.05) is 0 Å². The maximum atomic E-state index is 13.3. The number of carbonyl (C=O) groups is 1. The molecule has 0 radical (unpaired) electrons. The summed E-state index contributed by atoms with van der Waals surface area (Å²) >= 11 is 1.57. The molecule has 0 aliphatic rings. The molecule has 0 spiro atoms. The van der Waals surface area contributed by atoms with Gasteiger partial charge in [-0.1, -0.05) is 32.0 Å². The highest BCUT2D eigenvalue weighted by Crippen LogP contribution is 2.26. The maximum absolute atomic E-state index is 13.3. The van der Waals surface area contributed by atoms with Gasteiger partial charge >= 0.3 is 0 Å². The van der Waals surface area contributed by atoms with Gasteiger partial charge < -0.3 is 5.32 Å². The molecule has 2 heterocycles. The fourth-order valence-electron chi connectivity index (χ4n) is 3.32. The Bertz CT molecular complexity index is 930. The molecule has 0 aliphatic heterocycles. The summed E-state index contributed by atoms with van der Waals surface area (Å²) in [7, 11) is 0. The molecule has 0 saturated carbocycles. The third-order valence-corrected chi connectivity index (χ3v) is 5.68. The van der Waals surface area contributed by atoms with Crippen molar-refractivity contribution in [1.82, 2.24) is 15.1 Å². The number of benzene rings is 1. The van der Waals surface area contributed by atoms with E-state index >= 15 is 0 Å². The zero-order valence-electron chi connectivity index (χ0n) is 16.7. The van der Waals surface area contributed by atoms with Crippen molar-refractivity contribution in [2.24, 2.45) is 5.92 Å². The van der Waals surface area contributed by atoms with Crippen molar-refractivity contribution in [1.29, 1.82) is 0 Å². The Hall–Kier alpha value is -2.47. The van der Waals surface area contributed by atoms with Crippen LogP contribution in [-0.2, 0) is 17.8 Å². The molecule has 0 unspecified atom stereocenters. The van der Waals surface area contributed by atoms with Crippen LogP contribution in [0.3, 0.4) is 0 Å². The van der Waals surface area contributed by atoms with E-state index < -0.39 is 0 Å². The van der Waals surface area contributed by atoms with Crippen molar-refractivity contribution in [3.8, 4) is 0 Å². The Morgan fingerprint density at radius 2 is 1.93 bits per heavy atom. The summed E-state index contributed by atoms with van der Waals surface area (Å²) in [5.41, 5.74) is 3.77. The molecular weight excluding hydrogens is 373 g/mol. The summed E-state index contributed by atoms with van der Waals surface area (Å²) < 4.78 is 15.3. The van der Waals surface area contributed by atoms with Gasteiger partial charge in [-0.15, -0.1) is 11.3 Å². The largest absolute Gasteiger partial charge is 0.344 e. The average Bonchev–Trinajstić information content (AvgIpc) is 3.25. The molecule has 3 aromatic rings. The summed E-state index contributed by atoms with van der Waals surface area (Å²) in [6, 6.07) is 9.93. The highest BCUT2D eigenvalue weighted by atomic mass is 32.1. The van der Waals surface area contributed by atoms with Gasteiger partial charge in [0.05, 0.1) is 18.2 Å². The monoisotopic (exact) mass is 399 g/mol. The molecule has 1 amide bonds. The number of carbonyl (C=O) groups excluding carboxylic acids is 1. The van der Waals surface area contributed by atoms with Crippen molar-refractivity contribution < 1.29 is 9.18 Å². The quantitative estimate of drug-likeness (QED) is 0.620. The fourth-order valence-corrected chi connectivity index (χ4v) is 4.12. The van der Waals surface area contributed by atoms with Crippen LogP contribution in [0.1, 0.15) is 47.3 Å². The molecule has 0 bridgehead atoms. The van der Waals surface area contributed by atoms with E-state index in [2.05, 4.69) is 24.3 Å². The number of hydrogen-bond donors (Lipinski definition) is 1. The SMILES string of the molecule is Cc1nn(CC(C)C)c(C)c1CC(=O)N[C@@H](c1ccc(F)cc1)c1cccs1. The van der Waals surface area contributed by atoms with Gasteiger partial charge in [-0.3, -0.25) is 9.48 Å². The fraction of sp³-hybridized carbons (Fsp3) is 0.364. The van der Waals surface area contributed by atoms with Gasteiger partial charge in [-0.2, -0.15) is 5.10 Å². The predicted octanol–water partition coefficient (Wildman–Crippen LogP) is 4.80. The first-order valence-electron chi connectivity index (χ1n) is 9.46. The molecular formula is C22H26FN3OS. The minimum absolute atomic E-state index is 0.0713. The van der Waals surface area contributed by atoms with Gasteiger partial charge in [-0.25, -0.2) is 4.39 Å². The lowest BCUT2D eigenvalue weighted by molar-refractivity contribution is -0.120. The molecule has 0 aliphatic carbocycles. The highest BCUT2D eigenvalue weighted by molar-refractivity contribution is 7.10. The topological polar surface area (TPSA) is 46.9 Å². The van der Waals surface area contributed by atoms with Crippen LogP contribution < -0.4 is 5.32 Å². The van der Waals surface area contributed by atoms with Gasteiger partial charge in [0.15, 0.2) is 0 Å². The van der Waals surface area contributed by atoms with Gasteiger partial charge in [0.2, 0.25) is 5.91 Å². The Balaban J connectivity index is 1.80. The Kier molecular flexibility index (Phi) is 6.29. The second-order valence-corrected chi connectivity index (χ2v) is 8.45. The second kappa shape index (κ2) is 8.69. The lowest BCUT2D eigenvalue weighted by Gasteiger charge is -2.18. The molecule has 0 saturated heterocycles. The van der Waals surface area contributed by atoms with Crippen LogP contribution in [0.2, 0.25) is 0 Å². The van der Waals surface area contributed by atoms with E-state index in [1.54, 1.807) is 23.5 Å². The minimum atomic E-state index is -0.292. The molecule has 1 aromatic carbocycles. The minimum Gasteiger partial charge on any atom is -0.344 e. The van der Waals surface area contributed by atoms with Crippen LogP contribution in [0.4, 0.5) is 4.39 Å². The predicted molar refractivity (Wildman–Crippen MR) is 111 cm³/mol. The molecule has 0 fully saturated rings. The van der Waals surface area contributed by atoms with E-state index in [1.165, 1.54) is 12.1 Å². The third kappa shape index (κ3) is 4.68. The average molecular weight is 400 g/mol.